The zero-order chi connectivity index (χ0) is 11.1. The van der Waals surface area contributed by atoms with Crippen molar-refractivity contribution in [3.63, 3.8) is 0 Å². The Labute approximate surface area is 131 Å². The first-order valence-electron chi connectivity index (χ1n) is 6.88. The predicted octanol–water partition coefficient (Wildman–Crippen LogP) is 5.59. The van der Waals surface area contributed by atoms with Crippen LogP contribution in [0.1, 0.15) is 69.4 Å². The fraction of sp³-hybridized carbons (Fsp3) is 0.588. The van der Waals surface area contributed by atoms with E-state index in [-0.39, 0.29) is 31.9 Å². The van der Waals surface area contributed by atoms with E-state index in [4.69, 9.17) is 0 Å². The van der Waals surface area contributed by atoms with Gasteiger partial charge < -0.3 is 14.9 Å². The summed E-state index contributed by atoms with van der Waals surface area (Å²) in [5.41, 5.74) is 1.30. The van der Waals surface area contributed by atoms with Gasteiger partial charge in [0.2, 0.25) is 0 Å². The van der Waals surface area contributed by atoms with Crippen LogP contribution in [0.3, 0.4) is 0 Å². The molecule has 0 aliphatic heterocycles. The van der Waals surface area contributed by atoms with Crippen molar-refractivity contribution in [1.82, 2.24) is 4.98 Å². The molecule has 2 aliphatic rings. The van der Waals surface area contributed by atoms with Crippen molar-refractivity contribution in [2.24, 2.45) is 0 Å². The molecule has 0 aromatic carbocycles. The quantitative estimate of drug-likeness (QED) is 0.487. The average Bonchev–Trinajstić information content (AvgIpc) is 3.07. The molecule has 2 heteroatoms. The summed E-state index contributed by atoms with van der Waals surface area (Å²) < 4.78 is 0. The van der Waals surface area contributed by atoms with E-state index >= 15 is 0 Å². The molecule has 1 heterocycles. The van der Waals surface area contributed by atoms with Gasteiger partial charge in [-0.2, -0.15) is 0 Å². The molecular formula is C17H29FeN. The first kappa shape index (κ1) is 21.0. The first-order valence-corrected chi connectivity index (χ1v) is 6.88. The molecular weight excluding hydrogens is 274 g/mol. The summed E-state index contributed by atoms with van der Waals surface area (Å²) in [6, 6.07) is 6.22. The molecule has 0 radical (unpaired) electrons. The van der Waals surface area contributed by atoms with Gasteiger partial charge in [-0.05, 0) is 25.0 Å². The zero-order valence-corrected chi connectivity index (χ0v) is 13.7. The minimum atomic E-state index is 0. The van der Waals surface area contributed by atoms with Crippen LogP contribution >= 0.6 is 0 Å². The van der Waals surface area contributed by atoms with Crippen LogP contribution in [0.2, 0.25) is 0 Å². The molecule has 2 saturated carbocycles. The number of hydrogen-bond acceptors (Lipinski definition) is 1. The van der Waals surface area contributed by atoms with Crippen molar-refractivity contribution in [2.75, 3.05) is 0 Å². The van der Waals surface area contributed by atoms with Crippen LogP contribution in [0.4, 0.5) is 0 Å². The van der Waals surface area contributed by atoms with Crippen LogP contribution in [0.25, 0.3) is 0 Å². The van der Waals surface area contributed by atoms with Gasteiger partial charge in [-0.25, -0.2) is 0 Å². The van der Waals surface area contributed by atoms with E-state index in [1.165, 1.54) is 63.5 Å². The molecule has 0 saturated heterocycles. The summed E-state index contributed by atoms with van der Waals surface area (Å²) in [5, 5.41) is 0. The fourth-order valence-corrected chi connectivity index (χ4v) is 2.72. The van der Waals surface area contributed by atoms with Gasteiger partial charge in [0.25, 0.3) is 0 Å². The molecule has 2 fully saturated rings. The Balaban J connectivity index is 0. The Morgan fingerprint density at radius 2 is 1.32 bits per heavy atom. The van der Waals surface area contributed by atoms with Crippen molar-refractivity contribution >= 4 is 0 Å². The topological polar surface area (TPSA) is 12.9 Å². The number of rotatable bonds is 1. The minimum Gasteiger partial charge on any atom is -0.358 e. The van der Waals surface area contributed by atoms with E-state index in [9.17, 15) is 0 Å². The van der Waals surface area contributed by atoms with E-state index in [1.807, 2.05) is 12.3 Å². The number of hydrogen-bond donors (Lipinski definition) is 0. The maximum absolute atomic E-state index is 4.36. The summed E-state index contributed by atoms with van der Waals surface area (Å²) in [4.78, 5) is 4.36. The molecule has 0 amide bonds. The van der Waals surface area contributed by atoms with E-state index in [0.717, 1.165) is 5.92 Å². The van der Waals surface area contributed by atoms with Crippen LogP contribution in [0, 0.1) is 14.9 Å². The first-order chi connectivity index (χ1) is 7.97. The molecule has 1 nitrogen and oxygen atoms in total. The van der Waals surface area contributed by atoms with Crippen LogP contribution in [-0.2, 0) is 17.1 Å². The largest absolute Gasteiger partial charge is 2.00 e. The van der Waals surface area contributed by atoms with Gasteiger partial charge in [0.15, 0.2) is 0 Å². The summed E-state index contributed by atoms with van der Waals surface area (Å²) in [6.45, 7) is 0. The molecule has 0 bridgehead atoms. The Morgan fingerprint density at radius 1 is 0.789 bits per heavy atom. The molecule has 19 heavy (non-hydrogen) atoms. The SMILES string of the molecule is C1CCCC1.[CH3-].[CH3-].[Fe+2].c1ccc(C2CCCC2)nc1. The second kappa shape index (κ2) is 12.7. The summed E-state index contributed by atoms with van der Waals surface area (Å²) in [6.07, 6.45) is 14.9. The molecule has 2 aliphatic carbocycles. The van der Waals surface area contributed by atoms with E-state index < -0.39 is 0 Å². The maximum Gasteiger partial charge on any atom is 2.00 e. The van der Waals surface area contributed by atoms with Crippen LogP contribution in [0.5, 0.6) is 0 Å². The number of nitrogens with zero attached hydrogens (tertiary/aromatic N) is 1. The van der Waals surface area contributed by atoms with Crippen LogP contribution in [0.15, 0.2) is 24.4 Å². The Kier molecular flexibility index (Phi) is 14.0. The Bertz CT molecular complexity index is 269. The third-order valence-corrected chi connectivity index (χ3v) is 3.71. The van der Waals surface area contributed by atoms with Crippen molar-refractivity contribution in [2.45, 2.75) is 63.7 Å². The van der Waals surface area contributed by atoms with Crippen LogP contribution < -0.4 is 0 Å². The van der Waals surface area contributed by atoms with Gasteiger partial charge in [0.05, 0.1) is 0 Å². The summed E-state index contributed by atoms with van der Waals surface area (Å²) in [7, 11) is 0. The van der Waals surface area contributed by atoms with Gasteiger partial charge in [-0.15, -0.1) is 0 Å². The van der Waals surface area contributed by atoms with Gasteiger partial charge in [-0.3, -0.25) is 4.98 Å². The molecule has 0 unspecified atom stereocenters. The Hall–Kier alpha value is -0.331. The molecule has 1 aromatic rings. The third-order valence-electron chi connectivity index (χ3n) is 3.71. The molecule has 0 spiro atoms. The maximum atomic E-state index is 4.36. The molecule has 1 aromatic heterocycles. The third kappa shape index (κ3) is 7.74. The number of pyridine rings is 1. The van der Waals surface area contributed by atoms with E-state index in [0.29, 0.717) is 0 Å². The van der Waals surface area contributed by atoms with Crippen molar-refractivity contribution in [3.05, 3.63) is 44.9 Å². The van der Waals surface area contributed by atoms with E-state index in [1.54, 1.807) is 0 Å². The normalized spacial score (nSPS) is 17.3. The molecule has 3 rings (SSSR count). The second-order valence-electron chi connectivity index (χ2n) is 5.00. The second-order valence-corrected chi connectivity index (χ2v) is 5.00. The monoisotopic (exact) mass is 303 g/mol. The van der Waals surface area contributed by atoms with Gasteiger partial charge >= 0.3 is 17.1 Å². The molecule has 0 atom stereocenters. The smallest absolute Gasteiger partial charge is 0.358 e. The molecule has 110 valence electrons. The minimum absolute atomic E-state index is 0. The van der Waals surface area contributed by atoms with Gasteiger partial charge in [0, 0.05) is 17.8 Å². The van der Waals surface area contributed by atoms with Gasteiger partial charge in [-0.1, -0.05) is 51.0 Å². The summed E-state index contributed by atoms with van der Waals surface area (Å²) >= 11 is 0. The average molecular weight is 303 g/mol. The predicted molar refractivity (Wildman–Crippen MR) is 81.4 cm³/mol. The van der Waals surface area contributed by atoms with Crippen molar-refractivity contribution in [1.29, 1.82) is 0 Å². The van der Waals surface area contributed by atoms with Crippen LogP contribution in [-0.4, -0.2) is 4.98 Å². The van der Waals surface area contributed by atoms with Gasteiger partial charge in [0.1, 0.15) is 0 Å². The van der Waals surface area contributed by atoms with Crippen molar-refractivity contribution in [3.8, 4) is 0 Å². The zero-order valence-electron chi connectivity index (χ0n) is 12.6. The standard InChI is InChI=1S/C10H13N.C5H10.2CH3.Fe/c1-2-6-9(5-1)10-7-3-4-8-11-10;1-2-4-5-3-1;;;/h3-4,7-9H,1-2,5-6H2;1-5H2;2*1H3;/q;;2*-1;+2. The molecule has 0 N–H and O–H groups in total. The number of aromatic nitrogens is 1. The van der Waals surface area contributed by atoms with E-state index in [2.05, 4.69) is 17.1 Å². The van der Waals surface area contributed by atoms with Crippen molar-refractivity contribution < 1.29 is 17.1 Å². The summed E-state index contributed by atoms with van der Waals surface area (Å²) in [5.74, 6) is 0.760. The Morgan fingerprint density at radius 3 is 1.74 bits per heavy atom. The fourth-order valence-electron chi connectivity index (χ4n) is 2.72.